The van der Waals surface area contributed by atoms with Crippen molar-refractivity contribution in [3.05, 3.63) is 59.9 Å². The first-order chi connectivity index (χ1) is 13.5. The molecule has 7 heteroatoms. The third-order valence-electron chi connectivity index (χ3n) is 5.07. The zero-order valence-electron chi connectivity index (χ0n) is 15.9. The van der Waals surface area contributed by atoms with Crippen molar-refractivity contribution in [2.45, 2.75) is 19.9 Å². The molecule has 0 radical (unpaired) electrons. The normalized spacial score (nSPS) is 14.9. The zero-order valence-corrected chi connectivity index (χ0v) is 15.9. The van der Waals surface area contributed by atoms with E-state index < -0.39 is 6.09 Å². The molecular formula is C21H22N4O3. The number of benzene rings is 2. The van der Waals surface area contributed by atoms with E-state index in [2.05, 4.69) is 28.6 Å². The molecule has 1 atom stereocenters. The van der Waals surface area contributed by atoms with E-state index in [1.165, 1.54) is 4.90 Å². The lowest BCUT2D eigenvalue weighted by atomic mass is 10.1. The van der Waals surface area contributed by atoms with Gasteiger partial charge < -0.3 is 10.1 Å². The molecule has 0 spiro atoms. The Bertz CT molecular complexity index is 1040. The summed E-state index contributed by atoms with van der Waals surface area (Å²) in [5, 5.41) is 9.77. The number of aromatic nitrogens is 2. The number of cyclic esters (lactones) is 1. The number of nitrogens with zero attached hydrogens (tertiary/aromatic N) is 3. The lowest BCUT2D eigenvalue weighted by molar-refractivity contribution is -0.122. The standard InChI is InChI=1S/C21H22N4O3/c1-14(23-20(26)13-24-10-11-28-21(24)27)18-12-22-25(15(18)2)19-9-5-7-16-6-3-4-8-17(16)19/h3-9,12,14H,10-11,13H2,1-2H3,(H,23,26)/t14-/m1/s1. The summed E-state index contributed by atoms with van der Waals surface area (Å²) >= 11 is 0. The first-order valence-corrected chi connectivity index (χ1v) is 9.28. The quantitative estimate of drug-likeness (QED) is 0.741. The summed E-state index contributed by atoms with van der Waals surface area (Å²) in [5.74, 6) is -0.219. The average Bonchev–Trinajstić information content (AvgIpc) is 3.27. The molecular weight excluding hydrogens is 356 g/mol. The van der Waals surface area contributed by atoms with Gasteiger partial charge in [0.2, 0.25) is 5.91 Å². The number of nitrogens with one attached hydrogen (secondary N) is 1. The summed E-state index contributed by atoms with van der Waals surface area (Å²) in [4.78, 5) is 25.2. The van der Waals surface area contributed by atoms with Crippen molar-refractivity contribution in [1.82, 2.24) is 20.0 Å². The highest BCUT2D eigenvalue weighted by atomic mass is 16.6. The molecule has 0 aliphatic carbocycles. The van der Waals surface area contributed by atoms with Crippen LogP contribution < -0.4 is 5.32 Å². The van der Waals surface area contributed by atoms with E-state index in [0.717, 1.165) is 27.7 Å². The molecule has 1 aliphatic heterocycles. The minimum Gasteiger partial charge on any atom is -0.448 e. The molecule has 0 bridgehead atoms. The number of hydrogen-bond donors (Lipinski definition) is 1. The summed E-state index contributed by atoms with van der Waals surface area (Å²) in [6.07, 6.45) is 1.34. The van der Waals surface area contributed by atoms with Crippen molar-refractivity contribution in [2.24, 2.45) is 0 Å². The molecule has 1 saturated heterocycles. The van der Waals surface area contributed by atoms with E-state index in [0.29, 0.717) is 13.2 Å². The van der Waals surface area contributed by atoms with Gasteiger partial charge in [-0.3, -0.25) is 9.69 Å². The van der Waals surface area contributed by atoms with Crippen molar-refractivity contribution in [2.75, 3.05) is 19.7 Å². The van der Waals surface area contributed by atoms with Gasteiger partial charge in [-0.25, -0.2) is 9.48 Å². The minimum atomic E-state index is -0.442. The van der Waals surface area contributed by atoms with Crippen molar-refractivity contribution >= 4 is 22.8 Å². The largest absolute Gasteiger partial charge is 0.448 e. The Morgan fingerprint density at radius 3 is 2.82 bits per heavy atom. The SMILES string of the molecule is Cc1c([C@@H](C)NC(=O)CN2CCOC2=O)cnn1-c1cccc2ccccc12. The van der Waals surface area contributed by atoms with Crippen LogP contribution in [0.3, 0.4) is 0 Å². The van der Waals surface area contributed by atoms with E-state index in [1.54, 1.807) is 6.20 Å². The molecule has 2 heterocycles. The van der Waals surface area contributed by atoms with Gasteiger partial charge in [-0.2, -0.15) is 5.10 Å². The summed E-state index contributed by atoms with van der Waals surface area (Å²) < 4.78 is 6.76. The number of carbonyl (C=O) groups excluding carboxylic acids is 2. The molecule has 0 saturated carbocycles. The van der Waals surface area contributed by atoms with Crippen LogP contribution in [-0.4, -0.2) is 46.4 Å². The van der Waals surface area contributed by atoms with Crippen LogP contribution in [0.1, 0.15) is 24.2 Å². The molecule has 7 nitrogen and oxygen atoms in total. The third kappa shape index (κ3) is 3.31. The molecule has 1 N–H and O–H groups in total. The second kappa shape index (κ2) is 7.34. The lowest BCUT2D eigenvalue weighted by Crippen LogP contribution is -2.38. The second-order valence-corrected chi connectivity index (χ2v) is 6.92. The Kier molecular flexibility index (Phi) is 4.73. The van der Waals surface area contributed by atoms with Crippen LogP contribution in [0.2, 0.25) is 0 Å². The van der Waals surface area contributed by atoms with Crippen molar-refractivity contribution < 1.29 is 14.3 Å². The summed E-state index contributed by atoms with van der Waals surface area (Å²) in [6, 6.07) is 14.1. The van der Waals surface area contributed by atoms with Crippen molar-refractivity contribution in [3.63, 3.8) is 0 Å². The number of rotatable bonds is 5. The monoisotopic (exact) mass is 378 g/mol. The molecule has 0 unspecified atom stereocenters. The number of hydrogen-bond acceptors (Lipinski definition) is 4. The van der Waals surface area contributed by atoms with Crippen molar-refractivity contribution in [1.29, 1.82) is 0 Å². The van der Waals surface area contributed by atoms with Gasteiger partial charge in [-0.1, -0.05) is 36.4 Å². The van der Waals surface area contributed by atoms with Gasteiger partial charge in [0, 0.05) is 16.6 Å². The molecule has 1 aliphatic rings. The fraction of sp³-hybridized carbons (Fsp3) is 0.286. The van der Waals surface area contributed by atoms with Gasteiger partial charge in [0.1, 0.15) is 13.2 Å². The first-order valence-electron chi connectivity index (χ1n) is 9.28. The topological polar surface area (TPSA) is 76.5 Å². The van der Waals surface area contributed by atoms with Gasteiger partial charge in [0.05, 0.1) is 24.5 Å². The van der Waals surface area contributed by atoms with Crippen LogP contribution in [-0.2, 0) is 9.53 Å². The zero-order chi connectivity index (χ0) is 19.7. The fourth-order valence-corrected chi connectivity index (χ4v) is 3.59. The number of ether oxygens (including phenoxy) is 1. The van der Waals surface area contributed by atoms with Crippen LogP contribution in [0.25, 0.3) is 16.5 Å². The molecule has 28 heavy (non-hydrogen) atoms. The van der Waals surface area contributed by atoms with Crippen LogP contribution in [0.15, 0.2) is 48.7 Å². The maximum absolute atomic E-state index is 12.3. The molecule has 1 fully saturated rings. The molecule has 2 amide bonds. The first kappa shape index (κ1) is 18.0. The van der Waals surface area contributed by atoms with E-state index in [9.17, 15) is 9.59 Å². The van der Waals surface area contributed by atoms with Crippen LogP contribution in [0.5, 0.6) is 0 Å². The highest BCUT2D eigenvalue weighted by molar-refractivity contribution is 5.90. The number of amides is 2. The molecule has 144 valence electrons. The van der Waals surface area contributed by atoms with Gasteiger partial charge in [0.15, 0.2) is 0 Å². The fourth-order valence-electron chi connectivity index (χ4n) is 3.59. The molecule has 4 rings (SSSR count). The maximum Gasteiger partial charge on any atom is 0.410 e. The Morgan fingerprint density at radius 1 is 1.25 bits per heavy atom. The van der Waals surface area contributed by atoms with Crippen LogP contribution in [0, 0.1) is 6.92 Å². The molecule has 3 aromatic rings. The van der Waals surface area contributed by atoms with Gasteiger partial charge in [-0.05, 0) is 25.3 Å². The maximum atomic E-state index is 12.3. The minimum absolute atomic E-state index is 0.000317. The Balaban J connectivity index is 1.54. The number of carbonyl (C=O) groups is 2. The Morgan fingerprint density at radius 2 is 2.04 bits per heavy atom. The summed E-state index contributed by atoms with van der Waals surface area (Å²) in [6.45, 7) is 4.68. The summed E-state index contributed by atoms with van der Waals surface area (Å²) in [7, 11) is 0. The predicted octanol–water partition coefficient (Wildman–Crippen LogP) is 2.96. The predicted molar refractivity (Wildman–Crippen MR) is 105 cm³/mol. The lowest BCUT2D eigenvalue weighted by Gasteiger charge is -2.17. The Hall–Kier alpha value is -3.35. The third-order valence-corrected chi connectivity index (χ3v) is 5.07. The van der Waals surface area contributed by atoms with Gasteiger partial charge in [-0.15, -0.1) is 0 Å². The van der Waals surface area contributed by atoms with Gasteiger partial charge >= 0.3 is 6.09 Å². The smallest absolute Gasteiger partial charge is 0.410 e. The Labute approximate surface area is 162 Å². The highest BCUT2D eigenvalue weighted by Gasteiger charge is 2.25. The summed E-state index contributed by atoms with van der Waals surface area (Å²) in [5.41, 5.74) is 2.90. The number of fused-ring (bicyclic) bond motifs is 1. The average molecular weight is 378 g/mol. The van der Waals surface area contributed by atoms with E-state index in [1.807, 2.05) is 42.8 Å². The van der Waals surface area contributed by atoms with E-state index in [-0.39, 0.29) is 18.5 Å². The van der Waals surface area contributed by atoms with Crippen molar-refractivity contribution in [3.8, 4) is 5.69 Å². The van der Waals surface area contributed by atoms with E-state index in [4.69, 9.17) is 4.74 Å². The molecule has 1 aromatic heterocycles. The second-order valence-electron chi connectivity index (χ2n) is 6.92. The van der Waals surface area contributed by atoms with Gasteiger partial charge in [0.25, 0.3) is 0 Å². The van der Waals surface area contributed by atoms with Crippen LogP contribution >= 0.6 is 0 Å². The van der Waals surface area contributed by atoms with E-state index >= 15 is 0 Å². The highest BCUT2D eigenvalue weighted by Crippen LogP contribution is 2.25. The van der Waals surface area contributed by atoms with Crippen LogP contribution in [0.4, 0.5) is 4.79 Å². The molecule has 2 aromatic carbocycles.